The summed E-state index contributed by atoms with van der Waals surface area (Å²) in [7, 11) is 0. The average Bonchev–Trinajstić information content (AvgIpc) is 2.66. The second-order valence-corrected chi connectivity index (χ2v) is 7.66. The summed E-state index contributed by atoms with van der Waals surface area (Å²) >= 11 is 1.53. The Kier molecular flexibility index (Phi) is 4.66. The van der Waals surface area contributed by atoms with Crippen LogP contribution in [0.2, 0.25) is 0 Å². The number of benzene rings is 2. The molecule has 27 heavy (non-hydrogen) atoms. The molecule has 4 rings (SSSR count). The van der Waals surface area contributed by atoms with Crippen molar-refractivity contribution >= 4 is 33.7 Å². The maximum absolute atomic E-state index is 12.9. The Hall–Kier alpha value is -2.73. The van der Waals surface area contributed by atoms with Gasteiger partial charge >= 0.3 is 0 Å². The summed E-state index contributed by atoms with van der Waals surface area (Å²) in [5.41, 5.74) is 4.32. The molecule has 2 aromatic heterocycles. The molecule has 0 saturated carbocycles. The smallest absolute Gasteiger partial charge is 0.262 e. The highest BCUT2D eigenvalue weighted by atomic mass is 32.2. The zero-order valence-corrected chi connectivity index (χ0v) is 16.3. The molecule has 0 aliphatic rings. The lowest BCUT2D eigenvalue weighted by Crippen LogP contribution is -2.25. The van der Waals surface area contributed by atoms with E-state index in [0.29, 0.717) is 16.3 Å². The summed E-state index contributed by atoms with van der Waals surface area (Å²) in [6.45, 7) is 5.98. The average molecular weight is 376 g/mol. The number of para-hydroxylation sites is 3. The number of aromatic nitrogens is 4. The van der Waals surface area contributed by atoms with Gasteiger partial charge in [0.05, 0.1) is 33.3 Å². The van der Waals surface area contributed by atoms with E-state index in [1.165, 1.54) is 11.8 Å². The van der Waals surface area contributed by atoms with Gasteiger partial charge in [0.2, 0.25) is 0 Å². The number of rotatable bonds is 4. The molecule has 0 aliphatic carbocycles. The molecule has 5 nitrogen and oxygen atoms in total. The number of hydrogen-bond acceptors (Lipinski definition) is 5. The van der Waals surface area contributed by atoms with Crippen LogP contribution >= 0.6 is 11.8 Å². The molecule has 2 heterocycles. The molecule has 0 N–H and O–H groups in total. The van der Waals surface area contributed by atoms with Gasteiger partial charge in [-0.15, -0.1) is 0 Å². The Bertz CT molecular complexity index is 1200. The van der Waals surface area contributed by atoms with Gasteiger partial charge in [0.15, 0.2) is 5.16 Å². The third-order valence-corrected chi connectivity index (χ3v) is 5.44. The van der Waals surface area contributed by atoms with Crippen LogP contribution in [-0.4, -0.2) is 19.5 Å². The minimum atomic E-state index is -0.000539. The lowest BCUT2D eigenvalue weighted by molar-refractivity contribution is 0.519. The first kappa shape index (κ1) is 17.7. The summed E-state index contributed by atoms with van der Waals surface area (Å²) in [5.74, 6) is 0.612. The van der Waals surface area contributed by atoms with Crippen LogP contribution in [0.3, 0.4) is 0 Å². The molecule has 0 unspecified atom stereocenters. The Balaban J connectivity index is 1.74. The van der Waals surface area contributed by atoms with E-state index < -0.39 is 0 Å². The summed E-state index contributed by atoms with van der Waals surface area (Å²) in [5, 5.41) is 1.36. The monoisotopic (exact) mass is 376 g/mol. The molecule has 0 amide bonds. The lowest BCUT2D eigenvalue weighted by Gasteiger charge is -2.16. The fourth-order valence-corrected chi connectivity index (χ4v) is 4.21. The Morgan fingerprint density at radius 1 is 0.926 bits per heavy atom. The molecule has 6 heteroatoms. The molecule has 136 valence electrons. The third-order valence-electron chi connectivity index (χ3n) is 4.47. The quantitative estimate of drug-likeness (QED) is 0.387. The minimum Gasteiger partial charge on any atom is -0.285 e. The van der Waals surface area contributed by atoms with Crippen molar-refractivity contribution in [3.63, 3.8) is 0 Å². The van der Waals surface area contributed by atoms with E-state index in [1.807, 2.05) is 69.3 Å². The van der Waals surface area contributed by atoms with Crippen LogP contribution in [0.25, 0.3) is 21.9 Å². The van der Waals surface area contributed by atoms with Gasteiger partial charge in [-0.1, -0.05) is 36.0 Å². The van der Waals surface area contributed by atoms with E-state index in [9.17, 15) is 4.79 Å². The third kappa shape index (κ3) is 3.32. The van der Waals surface area contributed by atoms with Gasteiger partial charge in [-0.2, -0.15) is 0 Å². The molecule has 0 bridgehead atoms. The van der Waals surface area contributed by atoms with Crippen molar-refractivity contribution in [1.29, 1.82) is 0 Å². The van der Waals surface area contributed by atoms with Crippen molar-refractivity contribution in [2.24, 2.45) is 0 Å². The molecule has 0 aliphatic heterocycles. The molecular formula is C21H20N4OS. The van der Waals surface area contributed by atoms with E-state index in [1.54, 1.807) is 4.57 Å². The molecular weight excluding hydrogens is 356 g/mol. The number of thioether (sulfide) groups is 1. The van der Waals surface area contributed by atoms with Crippen LogP contribution in [0, 0.1) is 6.92 Å². The van der Waals surface area contributed by atoms with Crippen LogP contribution in [0.5, 0.6) is 0 Å². The summed E-state index contributed by atoms with van der Waals surface area (Å²) < 4.78 is 1.76. The number of aryl methyl sites for hydroxylation is 1. The predicted octanol–water partition coefficient (Wildman–Crippen LogP) is 4.52. The summed E-state index contributed by atoms with van der Waals surface area (Å²) in [6.07, 6.45) is 0. The van der Waals surface area contributed by atoms with E-state index in [-0.39, 0.29) is 11.6 Å². The first-order valence-electron chi connectivity index (χ1n) is 8.91. The summed E-state index contributed by atoms with van der Waals surface area (Å²) in [4.78, 5) is 27.1. The number of fused-ring (bicyclic) bond motifs is 2. The van der Waals surface area contributed by atoms with Crippen LogP contribution in [0.4, 0.5) is 0 Å². The molecule has 0 radical (unpaired) electrons. The first-order chi connectivity index (χ1) is 13.0. The Morgan fingerprint density at radius 2 is 1.56 bits per heavy atom. The van der Waals surface area contributed by atoms with E-state index in [2.05, 4.69) is 4.98 Å². The molecule has 0 fully saturated rings. The largest absolute Gasteiger partial charge is 0.285 e. The highest BCUT2D eigenvalue weighted by Crippen LogP contribution is 2.25. The zero-order valence-electron chi connectivity index (χ0n) is 15.5. The highest BCUT2D eigenvalue weighted by molar-refractivity contribution is 7.98. The topological polar surface area (TPSA) is 60.7 Å². The molecule has 0 atom stereocenters. The number of nitrogens with zero attached hydrogens (tertiary/aromatic N) is 4. The van der Waals surface area contributed by atoms with Gasteiger partial charge in [0, 0.05) is 11.8 Å². The van der Waals surface area contributed by atoms with E-state index in [4.69, 9.17) is 9.97 Å². The fourth-order valence-electron chi connectivity index (χ4n) is 3.08. The van der Waals surface area contributed by atoms with Gasteiger partial charge in [0.25, 0.3) is 5.56 Å². The van der Waals surface area contributed by atoms with Gasteiger partial charge in [-0.25, -0.2) is 15.0 Å². The van der Waals surface area contributed by atoms with Gasteiger partial charge in [0.1, 0.15) is 0 Å². The Labute approximate surface area is 161 Å². The van der Waals surface area contributed by atoms with Crippen molar-refractivity contribution in [2.75, 3.05) is 0 Å². The maximum atomic E-state index is 12.9. The van der Waals surface area contributed by atoms with E-state index >= 15 is 0 Å². The molecule has 4 aromatic rings. The number of hydrogen-bond donors (Lipinski definition) is 0. The van der Waals surface area contributed by atoms with Gasteiger partial charge < -0.3 is 0 Å². The predicted molar refractivity (Wildman–Crippen MR) is 110 cm³/mol. The lowest BCUT2D eigenvalue weighted by atomic mass is 10.2. The SMILES string of the molecule is Cc1nc2ccccc2nc1CSc1nc2ccccc2c(=O)n1C(C)C. The zero-order chi connectivity index (χ0) is 19.0. The van der Waals surface area contributed by atoms with Crippen molar-refractivity contribution in [3.05, 3.63) is 70.3 Å². The van der Waals surface area contributed by atoms with Crippen LogP contribution in [0.15, 0.2) is 58.5 Å². The normalized spacial score (nSPS) is 11.6. The maximum Gasteiger partial charge on any atom is 0.262 e. The van der Waals surface area contributed by atoms with Crippen LogP contribution in [-0.2, 0) is 5.75 Å². The molecule has 0 saturated heterocycles. The van der Waals surface area contributed by atoms with Gasteiger partial charge in [-0.3, -0.25) is 9.36 Å². The molecule has 2 aromatic carbocycles. The fraction of sp³-hybridized carbons (Fsp3) is 0.238. The van der Waals surface area contributed by atoms with Gasteiger partial charge in [-0.05, 0) is 45.0 Å². The first-order valence-corrected chi connectivity index (χ1v) is 9.89. The van der Waals surface area contributed by atoms with Crippen molar-refractivity contribution in [2.45, 2.75) is 37.7 Å². The highest BCUT2D eigenvalue weighted by Gasteiger charge is 2.15. The van der Waals surface area contributed by atoms with Crippen LogP contribution in [0.1, 0.15) is 31.3 Å². The van der Waals surface area contributed by atoms with E-state index in [0.717, 1.165) is 27.9 Å². The second-order valence-electron chi connectivity index (χ2n) is 6.71. The Morgan fingerprint density at radius 3 is 2.26 bits per heavy atom. The van der Waals surface area contributed by atoms with Crippen molar-refractivity contribution in [3.8, 4) is 0 Å². The molecule has 0 spiro atoms. The minimum absolute atomic E-state index is 0.000539. The standard InChI is InChI=1S/C21H20N4OS/c1-13(2)25-20(26)15-8-4-5-9-16(15)24-21(25)27-12-19-14(3)22-17-10-6-7-11-18(17)23-19/h4-11,13H,12H2,1-3H3. The second kappa shape index (κ2) is 7.12. The van der Waals surface area contributed by atoms with Crippen molar-refractivity contribution < 1.29 is 0 Å². The summed E-state index contributed by atoms with van der Waals surface area (Å²) in [6, 6.07) is 15.4. The van der Waals surface area contributed by atoms with Crippen LogP contribution < -0.4 is 5.56 Å². The van der Waals surface area contributed by atoms with Crippen molar-refractivity contribution in [1.82, 2.24) is 19.5 Å².